The Morgan fingerprint density at radius 1 is 1.06 bits per heavy atom. The molecular weight excluding hydrogens is 474 g/mol. The summed E-state index contributed by atoms with van der Waals surface area (Å²) in [6.45, 7) is 8.06. The van der Waals surface area contributed by atoms with Crippen molar-refractivity contribution in [1.82, 2.24) is 14.5 Å². The van der Waals surface area contributed by atoms with Crippen LogP contribution in [0.2, 0.25) is 5.02 Å². The molecule has 9 heteroatoms. The third-order valence-corrected chi connectivity index (χ3v) is 7.62. The first kappa shape index (κ1) is 27.8. The highest BCUT2D eigenvalue weighted by Crippen LogP contribution is 2.20. The van der Waals surface area contributed by atoms with Crippen molar-refractivity contribution in [2.75, 3.05) is 20.1 Å². The van der Waals surface area contributed by atoms with Gasteiger partial charge in [0.25, 0.3) is 0 Å². The predicted octanol–water partition coefficient (Wildman–Crippen LogP) is 3.85. The molecule has 0 saturated heterocycles. The number of rotatable bonds is 11. The Morgan fingerprint density at radius 3 is 2.24 bits per heavy atom. The summed E-state index contributed by atoms with van der Waals surface area (Å²) in [5, 5.41) is 3.32. The minimum absolute atomic E-state index is 0.0411. The van der Waals surface area contributed by atoms with Crippen LogP contribution in [0.3, 0.4) is 0 Å². The van der Waals surface area contributed by atoms with Crippen LogP contribution in [-0.4, -0.2) is 55.6 Å². The summed E-state index contributed by atoms with van der Waals surface area (Å²) in [6.07, 6.45) is 0.398. The molecule has 2 aromatic rings. The Kier molecular flexibility index (Phi) is 10.1. The van der Waals surface area contributed by atoms with E-state index in [4.69, 9.17) is 11.6 Å². The fourth-order valence-electron chi connectivity index (χ4n) is 3.47. The highest BCUT2D eigenvalue weighted by atomic mass is 35.5. The summed E-state index contributed by atoms with van der Waals surface area (Å²) < 4.78 is 27.0. The van der Waals surface area contributed by atoms with E-state index in [1.54, 1.807) is 0 Å². The molecule has 0 saturated carbocycles. The highest BCUT2D eigenvalue weighted by molar-refractivity contribution is 7.89. The van der Waals surface area contributed by atoms with E-state index in [1.807, 2.05) is 52.0 Å². The van der Waals surface area contributed by atoms with Crippen molar-refractivity contribution in [2.24, 2.45) is 5.92 Å². The van der Waals surface area contributed by atoms with E-state index in [2.05, 4.69) is 5.32 Å². The molecule has 1 N–H and O–H groups in total. The van der Waals surface area contributed by atoms with E-state index in [-0.39, 0.29) is 23.3 Å². The SMILES string of the molecule is CC[C@@H](C(=O)NCC(C)C)N(Cc1ccccc1C)C(=O)CN(C)S(=O)(=O)c1ccc(Cl)cc1. The fourth-order valence-corrected chi connectivity index (χ4v) is 4.71. The molecule has 0 aliphatic heterocycles. The number of carbonyl (C=O) groups excluding carboxylic acids is 2. The molecule has 2 aromatic carbocycles. The van der Waals surface area contributed by atoms with Crippen LogP contribution < -0.4 is 5.32 Å². The molecule has 0 aliphatic carbocycles. The molecule has 0 aliphatic rings. The summed E-state index contributed by atoms with van der Waals surface area (Å²) in [5.41, 5.74) is 1.88. The van der Waals surface area contributed by atoms with Gasteiger partial charge in [0.15, 0.2) is 0 Å². The zero-order chi connectivity index (χ0) is 25.5. The van der Waals surface area contributed by atoms with Crippen molar-refractivity contribution in [3.05, 3.63) is 64.7 Å². The zero-order valence-corrected chi connectivity index (χ0v) is 22.0. The lowest BCUT2D eigenvalue weighted by Gasteiger charge is -2.32. The van der Waals surface area contributed by atoms with E-state index >= 15 is 0 Å². The van der Waals surface area contributed by atoms with Gasteiger partial charge in [0.2, 0.25) is 21.8 Å². The number of likely N-dealkylation sites (N-methyl/N-ethyl adjacent to an activating group) is 1. The number of nitrogens with one attached hydrogen (secondary N) is 1. The number of amides is 2. The maximum absolute atomic E-state index is 13.5. The van der Waals surface area contributed by atoms with Crippen LogP contribution in [-0.2, 0) is 26.2 Å². The van der Waals surface area contributed by atoms with Crippen molar-refractivity contribution in [2.45, 2.75) is 51.6 Å². The molecule has 2 rings (SSSR count). The molecule has 0 spiro atoms. The number of benzene rings is 2. The van der Waals surface area contributed by atoms with E-state index in [9.17, 15) is 18.0 Å². The second kappa shape index (κ2) is 12.3. The lowest BCUT2D eigenvalue weighted by molar-refractivity contribution is -0.141. The van der Waals surface area contributed by atoms with Gasteiger partial charge in [0.05, 0.1) is 11.4 Å². The minimum atomic E-state index is -3.91. The lowest BCUT2D eigenvalue weighted by Crippen LogP contribution is -2.52. The first-order valence-electron chi connectivity index (χ1n) is 11.3. The molecule has 34 heavy (non-hydrogen) atoms. The summed E-state index contributed by atoms with van der Waals surface area (Å²) in [7, 11) is -2.56. The lowest BCUT2D eigenvalue weighted by atomic mass is 10.1. The number of aryl methyl sites for hydroxylation is 1. The Labute approximate surface area is 208 Å². The Hall–Kier alpha value is -2.42. The standard InChI is InChI=1S/C25H34ClN3O4S/c1-6-23(25(31)27-15-18(2)3)29(16-20-10-8-7-9-19(20)4)24(30)17-28(5)34(32,33)22-13-11-21(26)12-14-22/h7-14,18,23H,6,15-17H2,1-5H3,(H,27,31)/t23-/m0/s1. The summed E-state index contributed by atoms with van der Waals surface area (Å²) in [5.74, 6) is -0.436. The summed E-state index contributed by atoms with van der Waals surface area (Å²) >= 11 is 5.88. The van der Waals surface area contributed by atoms with Crippen LogP contribution >= 0.6 is 11.6 Å². The Morgan fingerprint density at radius 2 is 1.68 bits per heavy atom. The van der Waals surface area contributed by atoms with E-state index in [1.165, 1.54) is 36.2 Å². The molecule has 1 atom stereocenters. The number of carbonyl (C=O) groups is 2. The van der Waals surface area contributed by atoms with E-state index in [0.717, 1.165) is 15.4 Å². The van der Waals surface area contributed by atoms with Crippen LogP contribution in [0.1, 0.15) is 38.3 Å². The number of sulfonamides is 1. The van der Waals surface area contributed by atoms with Gasteiger partial charge in [0, 0.05) is 25.2 Å². The maximum atomic E-state index is 13.5. The molecule has 0 radical (unpaired) electrons. The number of hydrogen-bond donors (Lipinski definition) is 1. The Balaban J connectivity index is 2.32. The van der Waals surface area contributed by atoms with E-state index in [0.29, 0.717) is 18.0 Å². The van der Waals surface area contributed by atoms with Gasteiger partial charge in [0.1, 0.15) is 6.04 Å². The van der Waals surface area contributed by atoms with Crippen LogP contribution in [0.5, 0.6) is 0 Å². The van der Waals surface area contributed by atoms with E-state index < -0.39 is 28.5 Å². The molecule has 0 heterocycles. The minimum Gasteiger partial charge on any atom is -0.354 e. The molecule has 186 valence electrons. The monoisotopic (exact) mass is 507 g/mol. The summed E-state index contributed by atoms with van der Waals surface area (Å²) in [6, 6.07) is 12.7. The average molecular weight is 508 g/mol. The number of nitrogens with zero attached hydrogens (tertiary/aromatic N) is 2. The second-order valence-electron chi connectivity index (χ2n) is 8.73. The normalized spacial score (nSPS) is 12.6. The van der Waals surface area contributed by atoms with Crippen molar-refractivity contribution >= 4 is 33.4 Å². The molecule has 0 fully saturated rings. The third-order valence-electron chi connectivity index (χ3n) is 5.55. The van der Waals surface area contributed by atoms with Crippen molar-refractivity contribution < 1.29 is 18.0 Å². The fraction of sp³-hybridized carbons (Fsp3) is 0.440. The van der Waals surface area contributed by atoms with Crippen molar-refractivity contribution in [3.8, 4) is 0 Å². The zero-order valence-electron chi connectivity index (χ0n) is 20.4. The summed E-state index contributed by atoms with van der Waals surface area (Å²) in [4.78, 5) is 28.0. The van der Waals surface area contributed by atoms with Crippen LogP contribution in [0.4, 0.5) is 0 Å². The first-order valence-corrected chi connectivity index (χ1v) is 13.1. The molecule has 0 unspecified atom stereocenters. The molecule has 0 aromatic heterocycles. The van der Waals surface area contributed by atoms with Gasteiger partial charge < -0.3 is 10.2 Å². The van der Waals surface area contributed by atoms with Crippen LogP contribution in [0.25, 0.3) is 0 Å². The van der Waals surface area contributed by atoms with Crippen LogP contribution in [0, 0.1) is 12.8 Å². The van der Waals surface area contributed by atoms with Crippen molar-refractivity contribution in [3.63, 3.8) is 0 Å². The molecule has 0 bridgehead atoms. The highest BCUT2D eigenvalue weighted by Gasteiger charge is 2.32. The second-order valence-corrected chi connectivity index (χ2v) is 11.2. The quantitative estimate of drug-likeness (QED) is 0.500. The smallest absolute Gasteiger partial charge is 0.243 e. The van der Waals surface area contributed by atoms with Crippen molar-refractivity contribution in [1.29, 1.82) is 0 Å². The van der Waals surface area contributed by atoms with Gasteiger partial charge in [-0.25, -0.2) is 8.42 Å². The molecule has 7 nitrogen and oxygen atoms in total. The van der Waals surface area contributed by atoms with Gasteiger partial charge in [-0.15, -0.1) is 0 Å². The van der Waals surface area contributed by atoms with Gasteiger partial charge in [-0.3, -0.25) is 9.59 Å². The maximum Gasteiger partial charge on any atom is 0.243 e. The number of hydrogen-bond acceptors (Lipinski definition) is 4. The molecule has 2 amide bonds. The van der Waals surface area contributed by atoms with Gasteiger partial charge in [-0.1, -0.05) is 56.6 Å². The third kappa shape index (κ3) is 7.29. The number of halogens is 1. The molecular formula is C25H34ClN3O4S. The Bertz CT molecular complexity index is 1090. The largest absolute Gasteiger partial charge is 0.354 e. The van der Waals surface area contributed by atoms with Crippen LogP contribution in [0.15, 0.2) is 53.4 Å². The van der Waals surface area contributed by atoms with Gasteiger partial charge >= 0.3 is 0 Å². The first-order chi connectivity index (χ1) is 16.0. The topological polar surface area (TPSA) is 86.8 Å². The van der Waals surface area contributed by atoms with Gasteiger partial charge in [-0.05, 0) is 54.7 Å². The van der Waals surface area contributed by atoms with Gasteiger partial charge in [-0.2, -0.15) is 4.31 Å². The predicted molar refractivity (Wildman–Crippen MR) is 135 cm³/mol. The average Bonchev–Trinajstić information content (AvgIpc) is 2.78.